The van der Waals surface area contributed by atoms with Crippen LogP contribution in [-0.4, -0.2) is 22.6 Å². The molecule has 0 saturated carbocycles. The third kappa shape index (κ3) is 2.29. The van der Waals surface area contributed by atoms with E-state index in [1.54, 1.807) is 0 Å². The third-order valence-electron chi connectivity index (χ3n) is 3.53. The van der Waals surface area contributed by atoms with E-state index in [2.05, 4.69) is 24.0 Å². The van der Waals surface area contributed by atoms with Crippen LogP contribution in [0.4, 0.5) is 0 Å². The largest absolute Gasteiger partial charge is 0.463 e. The minimum atomic E-state index is -0.439. The van der Waals surface area contributed by atoms with Gasteiger partial charge in [-0.1, -0.05) is 31.2 Å². The summed E-state index contributed by atoms with van der Waals surface area (Å²) in [7, 11) is 1.37. The van der Waals surface area contributed by atoms with Crippen LogP contribution in [0.2, 0.25) is 0 Å². The van der Waals surface area contributed by atoms with Crippen LogP contribution in [0, 0.1) is 0 Å². The van der Waals surface area contributed by atoms with E-state index in [4.69, 9.17) is 4.74 Å². The maximum atomic E-state index is 12.0. The average Bonchev–Trinajstić information content (AvgIpc) is 2.93. The first-order valence-corrected chi connectivity index (χ1v) is 6.89. The molecule has 0 saturated heterocycles. The number of methoxy groups -OCH3 is 1. The van der Waals surface area contributed by atoms with E-state index in [1.807, 2.05) is 41.0 Å². The molecule has 0 spiro atoms. The third-order valence-corrected chi connectivity index (χ3v) is 3.53. The van der Waals surface area contributed by atoms with Crippen molar-refractivity contribution < 1.29 is 9.53 Å². The molecule has 0 unspecified atom stereocenters. The molecule has 0 aliphatic rings. The molecule has 0 fully saturated rings. The van der Waals surface area contributed by atoms with Crippen molar-refractivity contribution >= 4 is 17.0 Å². The van der Waals surface area contributed by atoms with Crippen LogP contribution in [0.1, 0.15) is 23.1 Å². The molecule has 0 radical (unpaired) electrons. The molecule has 0 bridgehead atoms. The molecule has 0 N–H and O–H groups in total. The van der Waals surface area contributed by atoms with Crippen molar-refractivity contribution in [3.8, 4) is 5.69 Å². The molecule has 4 nitrogen and oxygen atoms in total. The van der Waals surface area contributed by atoms with Gasteiger partial charge >= 0.3 is 5.97 Å². The normalized spacial score (nSPS) is 10.8. The molecule has 0 amide bonds. The molecule has 0 atom stereocenters. The lowest BCUT2D eigenvalue weighted by Crippen LogP contribution is -2.10. The summed E-state index contributed by atoms with van der Waals surface area (Å²) in [6, 6.07) is 15.8. The fraction of sp³-hybridized carbons (Fsp3) is 0.176. The Kier molecular flexibility index (Phi) is 3.44. The zero-order valence-electron chi connectivity index (χ0n) is 12.0. The molecule has 1 heterocycles. The minimum Gasteiger partial charge on any atom is -0.463 e. The summed E-state index contributed by atoms with van der Waals surface area (Å²) in [5.41, 5.74) is 3.82. The number of aryl methyl sites for hydroxylation is 1. The number of hydrogen-bond donors (Lipinski definition) is 0. The number of hydrogen-bond acceptors (Lipinski definition) is 3. The van der Waals surface area contributed by atoms with Crippen molar-refractivity contribution in [2.24, 2.45) is 0 Å². The van der Waals surface area contributed by atoms with Gasteiger partial charge in [-0.2, -0.15) is 0 Å². The molecule has 3 rings (SSSR count). The fourth-order valence-electron chi connectivity index (χ4n) is 2.40. The van der Waals surface area contributed by atoms with Crippen molar-refractivity contribution in [1.29, 1.82) is 0 Å². The predicted molar refractivity (Wildman–Crippen MR) is 81.8 cm³/mol. The Morgan fingerprint density at radius 1 is 1.14 bits per heavy atom. The number of nitrogens with zero attached hydrogens (tertiary/aromatic N) is 2. The van der Waals surface area contributed by atoms with Gasteiger partial charge < -0.3 is 4.74 Å². The van der Waals surface area contributed by atoms with Crippen molar-refractivity contribution in [1.82, 2.24) is 9.55 Å². The lowest BCUT2D eigenvalue weighted by atomic mass is 10.1. The standard InChI is InChI=1S/C17H16N2O2/c1-3-12-8-10-13(11-9-12)19-15-7-5-4-6-14(15)18-16(19)17(20)21-2/h4-11H,3H2,1-2H3. The zero-order valence-corrected chi connectivity index (χ0v) is 12.0. The van der Waals surface area contributed by atoms with E-state index in [-0.39, 0.29) is 0 Å². The Bertz CT molecular complexity index is 788. The second-order valence-electron chi connectivity index (χ2n) is 4.77. The van der Waals surface area contributed by atoms with Crippen LogP contribution >= 0.6 is 0 Å². The monoisotopic (exact) mass is 280 g/mol. The first-order chi connectivity index (χ1) is 10.2. The van der Waals surface area contributed by atoms with Crippen molar-refractivity contribution in [3.05, 3.63) is 59.9 Å². The summed E-state index contributed by atoms with van der Waals surface area (Å²) in [6.07, 6.45) is 0.981. The first-order valence-electron chi connectivity index (χ1n) is 6.89. The second-order valence-corrected chi connectivity index (χ2v) is 4.77. The van der Waals surface area contributed by atoms with Gasteiger partial charge in [-0.3, -0.25) is 4.57 Å². The van der Waals surface area contributed by atoms with Crippen molar-refractivity contribution in [2.75, 3.05) is 7.11 Å². The minimum absolute atomic E-state index is 0.294. The van der Waals surface area contributed by atoms with E-state index in [0.29, 0.717) is 5.82 Å². The van der Waals surface area contributed by atoms with Crippen molar-refractivity contribution in [3.63, 3.8) is 0 Å². The van der Waals surface area contributed by atoms with Gasteiger partial charge in [0.05, 0.1) is 18.1 Å². The first kappa shape index (κ1) is 13.4. The van der Waals surface area contributed by atoms with Gasteiger partial charge in [0, 0.05) is 5.69 Å². The summed E-state index contributed by atoms with van der Waals surface area (Å²) in [5, 5.41) is 0. The van der Waals surface area contributed by atoms with E-state index in [0.717, 1.165) is 23.1 Å². The number of ether oxygens (including phenoxy) is 1. The summed E-state index contributed by atoms with van der Waals surface area (Å²) in [5.74, 6) is -0.145. The summed E-state index contributed by atoms with van der Waals surface area (Å²) < 4.78 is 6.68. The lowest BCUT2D eigenvalue weighted by molar-refractivity contribution is 0.0585. The topological polar surface area (TPSA) is 44.1 Å². The lowest BCUT2D eigenvalue weighted by Gasteiger charge is -2.08. The van der Waals surface area contributed by atoms with Crippen LogP contribution in [0.3, 0.4) is 0 Å². The average molecular weight is 280 g/mol. The number of rotatable bonds is 3. The van der Waals surface area contributed by atoms with E-state index >= 15 is 0 Å². The van der Waals surface area contributed by atoms with E-state index < -0.39 is 5.97 Å². The maximum absolute atomic E-state index is 12.0. The van der Waals surface area contributed by atoms with E-state index in [1.165, 1.54) is 12.7 Å². The number of imidazole rings is 1. The molecule has 0 aliphatic heterocycles. The van der Waals surface area contributed by atoms with Crippen LogP contribution in [0.15, 0.2) is 48.5 Å². The van der Waals surface area contributed by atoms with Gasteiger partial charge in [0.25, 0.3) is 0 Å². The number of aromatic nitrogens is 2. The molecule has 4 heteroatoms. The highest BCUT2D eigenvalue weighted by molar-refractivity contribution is 5.92. The Balaban J connectivity index is 2.25. The number of benzene rings is 2. The highest BCUT2D eigenvalue weighted by atomic mass is 16.5. The SMILES string of the molecule is CCc1ccc(-n2c(C(=O)OC)nc3ccccc32)cc1. The van der Waals surface area contributed by atoms with Gasteiger partial charge in [0.2, 0.25) is 5.82 Å². The molecule has 2 aromatic carbocycles. The van der Waals surface area contributed by atoms with Gasteiger partial charge in [-0.05, 0) is 36.2 Å². The van der Waals surface area contributed by atoms with Gasteiger partial charge in [0.15, 0.2) is 0 Å². The molecular formula is C17H16N2O2. The van der Waals surface area contributed by atoms with Gasteiger partial charge in [-0.25, -0.2) is 9.78 Å². The van der Waals surface area contributed by atoms with Crippen LogP contribution in [0.5, 0.6) is 0 Å². The number of para-hydroxylation sites is 2. The summed E-state index contributed by atoms with van der Waals surface area (Å²) >= 11 is 0. The Morgan fingerprint density at radius 3 is 2.52 bits per heavy atom. The quantitative estimate of drug-likeness (QED) is 0.691. The number of carbonyl (C=O) groups is 1. The molecule has 1 aromatic heterocycles. The Labute approximate surface area is 123 Å². The predicted octanol–water partition coefficient (Wildman–Crippen LogP) is 3.37. The Morgan fingerprint density at radius 2 is 1.86 bits per heavy atom. The zero-order chi connectivity index (χ0) is 14.8. The van der Waals surface area contributed by atoms with Crippen LogP contribution < -0.4 is 0 Å². The van der Waals surface area contributed by atoms with Gasteiger partial charge in [-0.15, -0.1) is 0 Å². The maximum Gasteiger partial charge on any atom is 0.374 e. The number of carbonyl (C=O) groups excluding carboxylic acids is 1. The summed E-state index contributed by atoms with van der Waals surface area (Å²) in [4.78, 5) is 16.4. The molecule has 21 heavy (non-hydrogen) atoms. The van der Waals surface area contributed by atoms with Crippen LogP contribution in [-0.2, 0) is 11.2 Å². The molecular weight excluding hydrogens is 264 g/mol. The van der Waals surface area contributed by atoms with Gasteiger partial charge in [0.1, 0.15) is 0 Å². The van der Waals surface area contributed by atoms with Crippen molar-refractivity contribution in [2.45, 2.75) is 13.3 Å². The molecule has 106 valence electrons. The number of fused-ring (bicyclic) bond motifs is 1. The molecule has 0 aliphatic carbocycles. The highest BCUT2D eigenvalue weighted by Crippen LogP contribution is 2.22. The van der Waals surface area contributed by atoms with E-state index in [9.17, 15) is 4.79 Å². The number of esters is 1. The molecule has 3 aromatic rings. The Hall–Kier alpha value is -2.62. The van der Waals surface area contributed by atoms with Crippen LogP contribution in [0.25, 0.3) is 16.7 Å². The fourth-order valence-corrected chi connectivity index (χ4v) is 2.40. The smallest absolute Gasteiger partial charge is 0.374 e. The second kappa shape index (κ2) is 5.40. The summed E-state index contributed by atoms with van der Waals surface area (Å²) in [6.45, 7) is 2.11. The highest BCUT2D eigenvalue weighted by Gasteiger charge is 2.18.